The Morgan fingerprint density at radius 2 is 1.12 bits per heavy atom. The molecule has 0 aliphatic heterocycles. The van der Waals surface area contributed by atoms with E-state index in [0.29, 0.717) is 35.5 Å². The zero-order chi connectivity index (χ0) is 30.1. The van der Waals surface area contributed by atoms with Crippen LogP contribution in [-0.4, -0.2) is 18.9 Å². The normalized spacial score (nSPS) is 37.2. The molecule has 0 saturated heterocycles. The minimum Gasteiger partial charge on any atom is -0.744 e. The van der Waals surface area contributed by atoms with Gasteiger partial charge in [-0.3, -0.25) is 0 Å². The van der Waals surface area contributed by atoms with Crippen molar-refractivity contribution in [1.29, 1.82) is 0 Å². The van der Waals surface area contributed by atoms with Crippen molar-refractivity contribution in [2.45, 2.75) is 92.8 Å². The number of halogens is 4. The zero-order valence-electron chi connectivity index (χ0n) is 23.6. The van der Waals surface area contributed by atoms with Crippen LogP contribution in [0.1, 0.15) is 98.5 Å². The molecule has 2 aromatic rings. The van der Waals surface area contributed by atoms with Crippen LogP contribution in [0.4, 0.5) is 17.6 Å². The molecule has 2 aromatic carbocycles. The number of hydrogen-bond donors (Lipinski definition) is 0. The summed E-state index contributed by atoms with van der Waals surface area (Å²) in [5, 5.41) is 0. The van der Waals surface area contributed by atoms with E-state index in [1.54, 1.807) is 0 Å². The Hall–Kier alpha value is -2.46. The van der Waals surface area contributed by atoms with Gasteiger partial charge in [-0.2, -0.15) is 8.78 Å². The minimum atomic E-state index is -5.89. The van der Waals surface area contributed by atoms with Gasteiger partial charge in [0.05, 0.1) is 5.56 Å². The first-order chi connectivity index (χ1) is 20.3. The second-order valence-corrected chi connectivity index (χ2v) is 16.2. The maximum atomic E-state index is 14.9. The average molecular weight is 618 g/mol. The van der Waals surface area contributed by atoms with Gasteiger partial charge in [0.25, 0.3) is 0 Å². The molecule has 0 unspecified atom stereocenters. The number of esters is 1. The van der Waals surface area contributed by atoms with E-state index in [1.165, 1.54) is 19.3 Å². The number of hydrogen-bond acceptors (Lipinski definition) is 5. The summed E-state index contributed by atoms with van der Waals surface area (Å²) in [6, 6.07) is 5.94. The minimum absolute atomic E-state index is 0.0946. The second kappa shape index (κ2) is 9.28. The SMILES string of the molecule is O=C(Oc1c(F)c(F)c(S(=O)(=O)[O-])c(F)c1F)c1cc(C23CC4CC(CC(C4)C2)C3)ccc1C12CC3CC(CC(C3)C1)C2. The fourth-order valence-corrected chi connectivity index (χ4v) is 12.1. The van der Waals surface area contributed by atoms with E-state index in [-0.39, 0.29) is 16.4 Å². The van der Waals surface area contributed by atoms with E-state index in [1.807, 2.05) is 12.1 Å². The number of benzene rings is 2. The van der Waals surface area contributed by atoms with E-state index >= 15 is 0 Å². The van der Waals surface area contributed by atoms with Crippen LogP contribution in [0, 0.1) is 58.8 Å². The van der Waals surface area contributed by atoms with E-state index < -0.39 is 50.0 Å². The molecular weight excluding hydrogens is 584 g/mol. The van der Waals surface area contributed by atoms with Gasteiger partial charge in [-0.15, -0.1) is 0 Å². The Morgan fingerprint density at radius 3 is 1.53 bits per heavy atom. The maximum Gasteiger partial charge on any atom is 0.344 e. The van der Waals surface area contributed by atoms with Crippen molar-refractivity contribution in [3.05, 3.63) is 58.2 Å². The quantitative estimate of drug-likeness (QED) is 0.116. The lowest BCUT2D eigenvalue weighted by Crippen LogP contribution is -2.50. The average Bonchev–Trinajstić information content (AvgIpc) is 2.92. The summed E-state index contributed by atoms with van der Waals surface area (Å²) in [4.78, 5) is 11.7. The van der Waals surface area contributed by atoms with Crippen LogP contribution >= 0.6 is 0 Å². The van der Waals surface area contributed by atoms with Crippen LogP contribution in [0.2, 0.25) is 0 Å². The summed E-state index contributed by atoms with van der Waals surface area (Å²) in [6.45, 7) is 0. The standard InChI is InChI=1S/C33H34F4O5S/c34-25-27(36)30(43(39,40)41)28(37)26(35)29(25)42-31(38)23-9-22(32-10-16-3-17(11-32)5-18(4-16)12-32)1-2-24(23)33-13-19-6-20(14-33)8-21(7-19)15-33/h1-2,9,16-21H,3-8,10-15H2,(H,39,40,41)/p-1. The van der Waals surface area contributed by atoms with Crippen LogP contribution < -0.4 is 4.74 Å². The zero-order valence-corrected chi connectivity index (χ0v) is 24.5. The molecule has 8 bridgehead atoms. The lowest BCUT2D eigenvalue weighted by Gasteiger charge is -2.58. The summed E-state index contributed by atoms with van der Waals surface area (Å²) >= 11 is 0. The smallest absolute Gasteiger partial charge is 0.344 e. The van der Waals surface area contributed by atoms with Gasteiger partial charge in [-0.25, -0.2) is 22.0 Å². The Kier molecular flexibility index (Phi) is 6.05. The predicted octanol–water partition coefficient (Wildman–Crippen LogP) is 7.30. The molecular formula is C33H33F4O5S-. The summed E-state index contributed by atoms with van der Waals surface area (Å²) in [7, 11) is -5.89. The van der Waals surface area contributed by atoms with E-state index in [2.05, 4.69) is 6.07 Å². The van der Waals surface area contributed by atoms with E-state index in [4.69, 9.17) is 4.74 Å². The Balaban J connectivity index is 1.24. The molecule has 8 fully saturated rings. The summed E-state index contributed by atoms with van der Waals surface area (Å²) < 4.78 is 98.1. The number of ether oxygens (including phenoxy) is 1. The molecule has 10 heteroatoms. The van der Waals surface area contributed by atoms with Crippen molar-refractivity contribution in [3.8, 4) is 5.75 Å². The molecule has 0 radical (unpaired) electrons. The highest BCUT2D eigenvalue weighted by Gasteiger charge is 2.54. The molecule has 0 atom stereocenters. The first-order valence-corrected chi connectivity index (χ1v) is 16.9. The van der Waals surface area contributed by atoms with Crippen LogP contribution in [0.25, 0.3) is 0 Å². The van der Waals surface area contributed by atoms with Gasteiger partial charge in [0.15, 0.2) is 11.6 Å². The molecule has 0 spiro atoms. The fraction of sp³-hybridized carbons (Fsp3) is 0.606. The van der Waals surface area contributed by atoms with Crippen LogP contribution in [0.3, 0.4) is 0 Å². The maximum absolute atomic E-state index is 14.9. The van der Waals surface area contributed by atoms with Crippen molar-refractivity contribution < 1.29 is 40.1 Å². The van der Waals surface area contributed by atoms with Gasteiger partial charge < -0.3 is 9.29 Å². The molecule has 0 aromatic heterocycles. The highest BCUT2D eigenvalue weighted by Crippen LogP contribution is 2.63. The number of carbonyl (C=O) groups excluding carboxylic acids is 1. The van der Waals surface area contributed by atoms with Gasteiger partial charge >= 0.3 is 5.97 Å². The van der Waals surface area contributed by atoms with E-state index in [0.717, 1.165) is 68.9 Å². The summed E-state index contributed by atoms with van der Waals surface area (Å²) in [5.41, 5.74) is 1.51. The van der Waals surface area contributed by atoms with Gasteiger partial charge in [0.1, 0.15) is 15.0 Å². The summed E-state index contributed by atoms with van der Waals surface area (Å²) in [5.74, 6) is -8.63. The molecule has 0 amide bonds. The molecule has 0 heterocycles. The Morgan fingerprint density at radius 1 is 0.698 bits per heavy atom. The Labute approximate surface area is 248 Å². The first kappa shape index (κ1) is 28.0. The molecule has 8 saturated carbocycles. The van der Waals surface area contributed by atoms with Crippen molar-refractivity contribution in [3.63, 3.8) is 0 Å². The van der Waals surface area contributed by atoms with Gasteiger partial charge in [0.2, 0.25) is 17.4 Å². The topological polar surface area (TPSA) is 83.5 Å². The van der Waals surface area contributed by atoms with Crippen LogP contribution in [0.5, 0.6) is 5.75 Å². The van der Waals surface area contributed by atoms with Crippen molar-refractivity contribution >= 4 is 16.1 Å². The highest BCUT2D eigenvalue weighted by molar-refractivity contribution is 7.85. The summed E-state index contributed by atoms with van der Waals surface area (Å²) in [6.07, 6.45) is 12.9. The third-order valence-corrected chi connectivity index (χ3v) is 13.0. The molecule has 8 aliphatic rings. The number of carbonyl (C=O) groups is 1. The molecule has 0 N–H and O–H groups in total. The first-order valence-electron chi connectivity index (χ1n) is 15.5. The number of rotatable bonds is 5. The fourth-order valence-electron chi connectivity index (χ4n) is 11.5. The third kappa shape index (κ3) is 4.25. The molecule has 5 nitrogen and oxygen atoms in total. The molecule has 8 aliphatic carbocycles. The van der Waals surface area contributed by atoms with Crippen molar-refractivity contribution in [1.82, 2.24) is 0 Å². The highest BCUT2D eigenvalue weighted by atomic mass is 32.2. The molecule has 43 heavy (non-hydrogen) atoms. The largest absolute Gasteiger partial charge is 0.744 e. The van der Waals surface area contributed by atoms with Crippen LogP contribution in [-0.2, 0) is 20.9 Å². The lowest BCUT2D eigenvalue weighted by atomic mass is 9.46. The third-order valence-electron chi connectivity index (χ3n) is 12.1. The lowest BCUT2D eigenvalue weighted by molar-refractivity contribution is -0.00736. The van der Waals surface area contributed by atoms with E-state index in [9.17, 15) is 35.3 Å². The van der Waals surface area contributed by atoms with Crippen LogP contribution in [0.15, 0.2) is 23.1 Å². The molecule has 230 valence electrons. The van der Waals surface area contributed by atoms with Gasteiger partial charge in [-0.1, -0.05) is 12.1 Å². The van der Waals surface area contributed by atoms with Crippen molar-refractivity contribution in [2.24, 2.45) is 35.5 Å². The van der Waals surface area contributed by atoms with Crippen molar-refractivity contribution in [2.75, 3.05) is 0 Å². The predicted molar refractivity (Wildman–Crippen MR) is 145 cm³/mol. The van der Waals surface area contributed by atoms with Gasteiger partial charge in [-0.05, 0) is 141 Å². The monoisotopic (exact) mass is 617 g/mol. The second-order valence-electron chi connectivity index (χ2n) is 14.9. The molecule has 10 rings (SSSR count). The Bertz CT molecular complexity index is 1570. The van der Waals surface area contributed by atoms with Gasteiger partial charge in [0, 0.05) is 0 Å².